The van der Waals surface area contributed by atoms with E-state index in [1.807, 2.05) is 30.3 Å². The Labute approximate surface area is 178 Å². The average molecular weight is 405 g/mol. The second-order valence-electron chi connectivity index (χ2n) is 6.96. The number of carbonyl (C=O) groups excluding carboxylic acids is 2. The Morgan fingerprint density at radius 3 is 1.93 bits per heavy atom. The lowest BCUT2D eigenvalue weighted by Crippen LogP contribution is -2.24. The normalized spacial score (nSPS) is 10.8. The number of amides is 2. The average Bonchev–Trinajstić information content (AvgIpc) is 2.73. The van der Waals surface area contributed by atoms with Crippen LogP contribution < -0.4 is 15.5 Å². The maximum atomic E-state index is 12.5. The number of rotatable bonds is 9. The van der Waals surface area contributed by atoms with Gasteiger partial charge in [-0.15, -0.1) is 0 Å². The number of hydrogen-bond acceptors (Lipinski definition) is 4. The Morgan fingerprint density at radius 2 is 1.47 bits per heavy atom. The third-order valence-electron chi connectivity index (χ3n) is 4.38. The molecule has 0 unspecified atom stereocenters. The Kier molecular flexibility index (Phi) is 8.64. The summed E-state index contributed by atoms with van der Waals surface area (Å²) in [4.78, 5) is 25.9. The molecule has 0 spiro atoms. The molecule has 6 heteroatoms. The molecule has 6 nitrogen and oxygen atoms in total. The van der Waals surface area contributed by atoms with Crippen LogP contribution in [0.25, 0.3) is 6.08 Å². The summed E-state index contributed by atoms with van der Waals surface area (Å²) in [6, 6.07) is 16.5. The number of nitrogens with one attached hydrogen (secondary N) is 2. The minimum atomic E-state index is -0.479. The second kappa shape index (κ2) is 11.4. The van der Waals surface area contributed by atoms with E-state index in [2.05, 4.69) is 29.4 Å². The molecular weight excluding hydrogens is 376 g/mol. The zero-order valence-corrected chi connectivity index (χ0v) is 17.7. The molecule has 0 aliphatic heterocycles. The van der Waals surface area contributed by atoms with Gasteiger partial charge < -0.3 is 15.5 Å². The molecule has 2 rings (SSSR count). The monoisotopic (exact) mass is 404 g/mol. The number of anilines is 3. The van der Waals surface area contributed by atoms with E-state index >= 15 is 0 Å². The molecule has 0 radical (unpaired) electrons. The maximum absolute atomic E-state index is 12.5. The van der Waals surface area contributed by atoms with E-state index in [0.717, 1.165) is 37.2 Å². The van der Waals surface area contributed by atoms with Crippen LogP contribution in [0, 0.1) is 11.3 Å². The fraction of sp³-hybridized carbons (Fsp3) is 0.292. The van der Waals surface area contributed by atoms with E-state index < -0.39 is 5.91 Å². The molecule has 0 aromatic heterocycles. The molecule has 0 aliphatic rings. The van der Waals surface area contributed by atoms with Crippen molar-refractivity contribution in [2.45, 2.75) is 33.6 Å². The minimum absolute atomic E-state index is 0.0210. The molecule has 0 bridgehead atoms. The van der Waals surface area contributed by atoms with Crippen LogP contribution in [0.4, 0.5) is 17.1 Å². The van der Waals surface area contributed by atoms with Crippen LogP contribution in [0.2, 0.25) is 0 Å². The number of carbonyl (C=O) groups is 2. The predicted octanol–water partition coefficient (Wildman–Crippen LogP) is 4.82. The molecule has 0 heterocycles. The van der Waals surface area contributed by atoms with Gasteiger partial charge in [0.25, 0.3) is 5.91 Å². The highest BCUT2D eigenvalue weighted by Crippen LogP contribution is 2.19. The predicted molar refractivity (Wildman–Crippen MR) is 122 cm³/mol. The maximum Gasteiger partial charge on any atom is 0.266 e. The Hall–Kier alpha value is -3.59. The van der Waals surface area contributed by atoms with Gasteiger partial charge in [0.15, 0.2) is 0 Å². The summed E-state index contributed by atoms with van der Waals surface area (Å²) >= 11 is 0. The van der Waals surface area contributed by atoms with Gasteiger partial charge in [-0.3, -0.25) is 9.59 Å². The third-order valence-corrected chi connectivity index (χ3v) is 4.38. The summed E-state index contributed by atoms with van der Waals surface area (Å²) in [5, 5.41) is 14.8. The summed E-state index contributed by atoms with van der Waals surface area (Å²) in [7, 11) is 0. The topological polar surface area (TPSA) is 85.2 Å². The highest BCUT2D eigenvalue weighted by molar-refractivity contribution is 6.09. The van der Waals surface area contributed by atoms with Crippen LogP contribution in [-0.2, 0) is 9.59 Å². The van der Waals surface area contributed by atoms with Gasteiger partial charge in [-0.25, -0.2) is 0 Å². The van der Waals surface area contributed by atoms with E-state index in [-0.39, 0.29) is 11.5 Å². The number of benzene rings is 2. The van der Waals surface area contributed by atoms with Gasteiger partial charge in [-0.05, 0) is 60.9 Å². The molecule has 2 aromatic carbocycles. The van der Waals surface area contributed by atoms with Crippen molar-refractivity contribution < 1.29 is 9.59 Å². The molecule has 0 saturated heterocycles. The van der Waals surface area contributed by atoms with Crippen molar-refractivity contribution in [2.24, 2.45) is 0 Å². The highest BCUT2D eigenvalue weighted by Gasteiger charge is 2.10. The first-order valence-corrected chi connectivity index (χ1v) is 10.1. The van der Waals surface area contributed by atoms with Crippen LogP contribution in [0.1, 0.15) is 39.2 Å². The lowest BCUT2D eigenvalue weighted by molar-refractivity contribution is -0.114. The molecule has 0 aliphatic carbocycles. The molecule has 0 saturated carbocycles. The molecule has 0 fully saturated rings. The summed E-state index contributed by atoms with van der Waals surface area (Å²) in [5.74, 6) is -0.646. The van der Waals surface area contributed by atoms with Crippen LogP contribution in [0.3, 0.4) is 0 Å². The van der Waals surface area contributed by atoms with E-state index in [9.17, 15) is 14.9 Å². The molecular formula is C24H28N4O2. The first-order valence-electron chi connectivity index (χ1n) is 10.1. The quantitative estimate of drug-likeness (QED) is 0.464. The zero-order chi connectivity index (χ0) is 21.9. The van der Waals surface area contributed by atoms with Gasteiger partial charge in [0.1, 0.15) is 11.6 Å². The zero-order valence-electron chi connectivity index (χ0n) is 17.7. The van der Waals surface area contributed by atoms with E-state index in [1.54, 1.807) is 30.3 Å². The lowest BCUT2D eigenvalue weighted by atomic mass is 10.1. The smallest absolute Gasteiger partial charge is 0.266 e. The lowest BCUT2D eigenvalue weighted by Gasteiger charge is -2.23. The number of nitriles is 1. The SMILES string of the molecule is CCCN(CCC)c1ccc(/C=C(\C#N)C(=O)Nc2ccc(NC(C)=O)cc2)cc1. The molecule has 0 atom stereocenters. The van der Waals surface area contributed by atoms with Crippen molar-refractivity contribution >= 4 is 35.0 Å². The van der Waals surface area contributed by atoms with Crippen LogP contribution >= 0.6 is 0 Å². The van der Waals surface area contributed by atoms with Crippen LogP contribution in [0.15, 0.2) is 54.1 Å². The van der Waals surface area contributed by atoms with E-state index in [1.165, 1.54) is 6.92 Å². The first-order chi connectivity index (χ1) is 14.5. The molecule has 2 amide bonds. The third kappa shape index (κ3) is 6.78. The van der Waals surface area contributed by atoms with Gasteiger partial charge in [0, 0.05) is 37.1 Å². The summed E-state index contributed by atoms with van der Waals surface area (Å²) in [6.07, 6.45) is 3.73. The minimum Gasteiger partial charge on any atom is -0.372 e. The van der Waals surface area contributed by atoms with Gasteiger partial charge in [-0.2, -0.15) is 5.26 Å². The van der Waals surface area contributed by atoms with Crippen molar-refractivity contribution in [1.82, 2.24) is 0 Å². The van der Waals surface area contributed by atoms with E-state index in [4.69, 9.17) is 0 Å². The van der Waals surface area contributed by atoms with Gasteiger partial charge in [0.05, 0.1) is 0 Å². The van der Waals surface area contributed by atoms with Gasteiger partial charge in [-0.1, -0.05) is 26.0 Å². The standard InChI is InChI=1S/C24H28N4O2/c1-4-14-28(15-5-2)23-12-6-19(7-13-23)16-20(17-25)24(30)27-22-10-8-21(9-11-22)26-18(3)29/h6-13,16H,4-5,14-15H2,1-3H3,(H,26,29)(H,27,30)/b20-16+. The van der Waals surface area contributed by atoms with Crippen LogP contribution in [-0.4, -0.2) is 24.9 Å². The molecule has 30 heavy (non-hydrogen) atoms. The fourth-order valence-corrected chi connectivity index (χ4v) is 3.05. The molecule has 156 valence electrons. The van der Waals surface area contributed by atoms with Crippen molar-refractivity contribution in [1.29, 1.82) is 5.26 Å². The number of hydrogen-bond donors (Lipinski definition) is 2. The second-order valence-corrected chi connectivity index (χ2v) is 6.96. The molecule has 2 N–H and O–H groups in total. The highest BCUT2D eigenvalue weighted by atomic mass is 16.2. The summed E-state index contributed by atoms with van der Waals surface area (Å²) in [6.45, 7) is 7.73. The Balaban J connectivity index is 2.09. The summed E-state index contributed by atoms with van der Waals surface area (Å²) in [5.41, 5.74) is 3.13. The first kappa shape index (κ1) is 22.7. The van der Waals surface area contributed by atoms with Gasteiger partial charge in [0.2, 0.25) is 5.91 Å². The van der Waals surface area contributed by atoms with Gasteiger partial charge >= 0.3 is 0 Å². The Morgan fingerprint density at radius 1 is 0.933 bits per heavy atom. The fourth-order valence-electron chi connectivity index (χ4n) is 3.05. The largest absolute Gasteiger partial charge is 0.372 e. The molecule has 2 aromatic rings. The summed E-state index contributed by atoms with van der Waals surface area (Å²) < 4.78 is 0. The van der Waals surface area contributed by atoms with Crippen molar-refractivity contribution in [3.8, 4) is 6.07 Å². The number of nitrogens with zero attached hydrogens (tertiary/aromatic N) is 2. The Bertz CT molecular complexity index is 919. The van der Waals surface area contributed by atoms with Crippen molar-refractivity contribution in [3.05, 3.63) is 59.7 Å². The van der Waals surface area contributed by atoms with E-state index in [0.29, 0.717) is 11.4 Å². The van der Waals surface area contributed by atoms with Crippen molar-refractivity contribution in [3.63, 3.8) is 0 Å². The van der Waals surface area contributed by atoms with Crippen LogP contribution in [0.5, 0.6) is 0 Å². The van der Waals surface area contributed by atoms with Crippen molar-refractivity contribution in [2.75, 3.05) is 28.6 Å².